The van der Waals surface area contributed by atoms with E-state index in [1.807, 2.05) is 10.9 Å². The summed E-state index contributed by atoms with van der Waals surface area (Å²) in [4.78, 5) is 0. The van der Waals surface area contributed by atoms with E-state index in [0.717, 1.165) is 11.4 Å². The Morgan fingerprint density at radius 1 is 1.67 bits per heavy atom. The van der Waals surface area contributed by atoms with Crippen molar-refractivity contribution in [2.45, 2.75) is 25.9 Å². The van der Waals surface area contributed by atoms with Crippen molar-refractivity contribution in [3.05, 3.63) is 16.9 Å². The molecule has 0 bridgehead atoms. The molecule has 1 atom stereocenters. The fourth-order valence-corrected chi connectivity index (χ4v) is 2.31. The average molecular weight is 249 g/mol. The summed E-state index contributed by atoms with van der Waals surface area (Å²) >= 11 is 7.83. The highest BCUT2D eigenvalue weighted by molar-refractivity contribution is 7.98. The van der Waals surface area contributed by atoms with E-state index < -0.39 is 0 Å². The molecule has 0 amide bonds. The number of hydrogen-bond acceptors (Lipinski definition) is 4. The van der Waals surface area contributed by atoms with Crippen LogP contribution in [-0.4, -0.2) is 21.8 Å². The van der Waals surface area contributed by atoms with Gasteiger partial charge >= 0.3 is 0 Å². The molecule has 4 nitrogen and oxygen atoms in total. The maximum absolute atomic E-state index is 6.11. The number of hydrazine groups is 1. The third kappa shape index (κ3) is 2.87. The van der Waals surface area contributed by atoms with Gasteiger partial charge in [-0.2, -0.15) is 16.9 Å². The number of halogens is 1. The molecule has 0 radical (unpaired) electrons. The second-order valence-electron chi connectivity index (χ2n) is 3.59. The standard InChI is InChI=1S/C9H17ClN4S/c1-6(2)14-9(7(10)4-12-14)8(13-11)5-15-3/h4,6,8,13H,5,11H2,1-3H3. The minimum Gasteiger partial charge on any atom is -0.271 e. The third-order valence-corrected chi connectivity index (χ3v) is 3.10. The van der Waals surface area contributed by atoms with E-state index in [9.17, 15) is 0 Å². The Morgan fingerprint density at radius 3 is 2.80 bits per heavy atom. The minimum absolute atomic E-state index is 0.0393. The van der Waals surface area contributed by atoms with Gasteiger partial charge in [0.2, 0.25) is 0 Å². The Morgan fingerprint density at radius 2 is 2.33 bits per heavy atom. The molecule has 0 aromatic carbocycles. The quantitative estimate of drug-likeness (QED) is 0.618. The number of nitrogens with two attached hydrogens (primary N) is 1. The number of aromatic nitrogens is 2. The van der Waals surface area contributed by atoms with Crippen LogP contribution in [0.15, 0.2) is 6.20 Å². The van der Waals surface area contributed by atoms with Gasteiger partial charge < -0.3 is 0 Å². The van der Waals surface area contributed by atoms with E-state index in [0.29, 0.717) is 5.02 Å². The van der Waals surface area contributed by atoms with Crippen LogP contribution in [0.1, 0.15) is 31.6 Å². The number of nitrogens with zero attached hydrogens (tertiary/aromatic N) is 2. The maximum Gasteiger partial charge on any atom is 0.0835 e. The van der Waals surface area contributed by atoms with Crippen molar-refractivity contribution in [1.29, 1.82) is 0 Å². The molecule has 0 spiro atoms. The number of hydrogen-bond donors (Lipinski definition) is 2. The van der Waals surface area contributed by atoms with E-state index in [2.05, 4.69) is 24.4 Å². The van der Waals surface area contributed by atoms with Crippen molar-refractivity contribution < 1.29 is 0 Å². The van der Waals surface area contributed by atoms with Crippen LogP contribution < -0.4 is 11.3 Å². The Bertz CT molecular complexity index is 313. The van der Waals surface area contributed by atoms with Gasteiger partial charge in [0.25, 0.3) is 0 Å². The molecule has 0 saturated carbocycles. The van der Waals surface area contributed by atoms with Gasteiger partial charge in [-0.05, 0) is 20.1 Å². The maximum atomic E-state index is 6.11. The average Bonchev–Trinajstić information content (AvgIpc) is 2.57. The van der Waals surface area contributed by atoms with Crippen LogP contribution in [-0.2, 0) is 0 Å². The Kier molecular flexibility index (Phi) is 4.92. The van der Waals surface area contributed by atoms with Crippen LogP contribution in [0.25, 0.3) is 0 Å². The monoisotopic (exact) mass is 248 g/mol. The highest BCUT2D eigenvalue weighted by atomic mass is 35.5. The molecule has 1 aromatic rings. The lowest BCUT2D eigenvalue weighted by molar-refractivity contribution is 0.468. The van der Waals surface area contributed by atoms with Crippen molar-refractivity contribution >= 4 is 23.4 Å². The topological polar surface area (TPSA) is 55.9 Å². The summed E-state index contributed by atoms with van der Waals surface area (Å²) in [5, 5.41) is 4.91. The normalized spacial score (nSPS) is 13.5. The molecule has 15 heavy (non-hydrogen) atoms. The van der Waals surface area contributed by atoms with Gasteiger partial charge in [-0.15, -0.1) is 0 Å². The summed E-state index contributed by atoms with van der Waals surface area (Å²) in [6.07, 6.45) is 3.70. The van der Waals surface area contributed by atoms with E-state index in [1.54, 1.807) is 18.0 Å². The largest absolute Gasteiger partial charge is 0.271 e. The molecule has 6 heteroatoms. The van der Waals surface area contributed by atoms with Crippen LogP contribution in [0.3, 0.4) is 0 Å². The first kappa shape index (κ1) is 12.8. The highest BCUT2D eigenvalue weighted by Gasteiger charge is 2.20. The van der Waals surface area contributed by atoms with Crippen molar-refractivity contribution in [1.82, 2.24) is 15.2 Å². The van der Waals surface area contributed by atoms with E-state index in [-0.39, 0.29) is 12.1 Å². The van der Waals surface area contributed by atoms with Crippen molar-refractivity contribution in [2.75, 3.05) is 12.0 Å². The molecule has 0 aliphatic rings. The minimum atomic E-state index is 0.0393. The third-order valence-electron chi connectivity index (χ3n) is 2.14. The van der Waals surface area contributed by atoms with Gasteiger partial charge in [-0.25, -0.2) is 0 Å². The van der Waals surface area contributed by atoms with E-state index in [1.165, 1.54) is 0 Å². The molecule has 0 saturated heterocycles. The SMILES string of the molecule is CSCC(NN)c1c(Cl)cnn1C(C)C. The van der Waals surface area contributed by atoms with Gasteiger partial charge in [0.15, 0.2) is 0 Å². The molecule has 1 heterocycles. The molecular formula is C9H17ClN4S. The molecule has 1 rings (SSSR count). The van der Waals surface area contributed by atoms with Crippen LogP contribution in [0.5, 0.6) is 0 Å². The number of nitrogens with one attached hydrogen (secondary N) is 1. The zero-order valence-electron chi connectivity index (χ0n) is 9.20. The van der Waals surface area contributed by atoms with Crippen LogP contribution in [0, 0.1) is 0 Å². The van der Waals surface area contributed by atoms with Crippen LogP contribution >= 0.6 is 23.4 Å². The lowest BCUT2D eigenvalue weighted by Crippen LogP contribution is -2.32. The van der Waals surface area contributed by atoms with E-state index in [4.69, 9.17) is 17.4 Å². The molecule has 1 aromatic heterocycles. The molecule has 86 valence electrons. The van der Waals surface area contributed by atoms with Crippen molar-refractivity contribution in [3.8, 4) is 0 Å². The molecule has 0 aliphatic carbocycles. The van der Waals surface area contributed by atoms with Crippen LogP contribution in [0.2, 0.25) is 5.02 Å². The summed E-state index contributed by atoms with van der Waals surface area (Å²) in [5.41, 5.74) is 3.74. The first-order valence-electron chi connectivity index (χ1n) is 4.79. The highest BCUT2D eigenvalue weighted by Crippen LogP contribution is 2.26. The molecule has 3 N–H and O–H groups in total. The van der Waals surface area contributed by atoms with Gasteiger partial charge in [0.05, 0.1) is 23.0 Å². The fourth-order valence-electron chi connectivity index (χ4n) is 1.46. The molecule has 0 aliphatic heterocycles. The summed E-state index contributed by atoms with van der Waals surface area (Å²) in [6, 6.07) is 0.322. The Balaban J connectivity index is 3.03. The Labute approximate surface area is 99.5 Å². The van der Waals surface area contributed by atoms with Gasteiger partial charge in [0.1, 0.15) is 0 Å². The lowest BCUT2D eigenvalue weighted by Gasteiger charge is -2.19. The molecular weight excluding hydrogens is 232 g/mol. The summed E-state index contributed by atoms with van der Waals surface area (Å²) in [6.45, 7) is 4.14. The van der Waals surface area contributed by atoms with Gasteiger partial charge in [0, 0.05) is 11.8 Å². The van der Waals surface area contributed by atoms with Gasteiger partial charge in [-0.1, -0.05) is 11.6 Å². The van der Waals surface area contributed by atoms with E-state index >= 15 is 0 Å². The van der Waals surface area contributed by atoms with Crippen molar-refractivity contribution in [3.63, 3.8) is 0 Å². The summed E-state index contributed by atoms with van der Waals surface area (Å²) < 4.78 is 1.91. The van der Waals surface area contributed by atoms with Crippen molar-refractivity contribution in [2.24, 2.45) is 5.84 Å². The predicted octanol–water partition coefficient (Wildman–Crippen LogP) is 1.98. The zero-order valence-corrected chi connectivity index (χ0v) is 10.8. The van der Waals surface area contributed by atoms with Gasteiger partial charge in [-0.3, -0.25) is 16.0 Å². The second-order valence-corrected chi connectivity index (χ2v) is 4.91. The fraction of sp³-hybridized carbons (Fsp3) is 0.667. The predicted molar refractivity (Wildman–Crippen MR) is 66.1 cm³/mol. The smallest absolute Gasteiger partial charge is 0.0835 e. The lowest BCUT2D eigenvalue weighted by atomic mass is 10.2. The zero-order chi connectivity index (χ0) is 11.4. The first-order valence-corrected chi connectivity index (χ1v) is 6.57. The number of thioether (sulfide) groups is 1. The Hall–Kier alpha value is -0.230. The summed E-state index contributed by atoms with van der Waals surface area (Å²) in [7, 11) is 0. The second kappa shape index (κ2) is 5.75. The molecule has 1 unspecified atom stereocenters. The first-order chi connectivity index (χ1) is 7.11. The molecule has 0 fully saturated rings. The van der Waals surface area contributed by atoms with Crippen LogP contribution in [0.4, 0.5) is 0 Å². The number of rotatable bonds is 5. The summed E-state index contributed by atoms with van der Waals surface area (Å²) in [5.74, 6) is 6.39.